The molecule has 4 rings (SSSR count). The fourth-order valence-electron chi connectivity index (χ4n) is 3.08. The Bertz CT molecular complexity index is 1020. The van der Waals surface area contributed by atoms with Crippen LogP contribution >= 0.6 is 11.3 Å². The van der Waals surface area contributed by atoms with E-state index in [4.69, 9.17) is 0 Å². The van der Waals surface area contributed by atoms with Crippen molar-refractivity contribution < 1.29 is 23.1 Å². The van der Waals surface area contributed by atoms with Crippen LogP contribution in [0.1, 0.15) is 40.2 Å². The van der Waals surface area contributed by atoms with E-state index >= 15 is 0 Å². The predicted octanol–water partition coefficient (Wildman–Crippen LogP) is 3.55. The zero-order valence-electron chi connectivity index (χ0n) is 14.5. The number of nitrogens with zero attached hydrogens (tertiary/aromatic N) is 2. The SMILES string of the molecule is O=C(N[C@H]1CC[C@@H]1O)c1cc(Cc2ccc(C(F)(F)F)nc2)c2sccc2n1. The third kappa shape index (κ3) is 3.72. The standard InChI is InChI=1S/C19H16F3N3O2S/c20-19(21,22)16-4-1-10(9-23-16)7-11-8-14(24-13-5-6-28-17(11)13)18(27)25-12-2-3-15(12)26/h1,4-6,8-9,12,15,26H,2-3,7H2,(H,25,27)/t12-,15-/m0/s1. The molecule has 0 saturated heterocycles. The van der Waals surface area contributed by atoms with Crippen LogP contribution in [0.3, 0.4) is 0 Å². The Hall–Kier alpha value is -2.52. The lowest BCUT2D eigenvalue weighted by atomic mass is 9.89. The summed E-state index contributed by atoms with van der Waals surface area (Å²) in [6.07, 6.45) is -2.10. The Morgan fingerprint density at radius 1 is 1.29 bits per heavy atom. The van der Waals surface area contributed by atoms with Gasteiger partial charge in [-0.15, -0.1) is 11.3 Å². The highest BCUT2D eigenvalue weighted by atomic mass is 32.1. The van der Waals surface area contributed by atoms with E-state index in [0.29, 0.717) is 23.9 Å². The van der Waals surface area contributed by atoms with Crippen molar-refractivity contribution in [2.45, 2.75) is 37.6 Å². The summed E-state index contributed by atoms with van der Waals surface area (Å²) in [5, 5.41) is 14.3. The molecule has 0 spiro atoms. The lowest BCUT2D eigenvalue weighted by Crippen LogP contribution is -2.50. The summed E-state index contributed by atoms with van der Waals surface area (Å²) in [4.78, 5) is 20.4. The highest BCUT2D eigenvalue weighted by Crippen LogP contribution is 2.29. The largest absolute Gasteiger partial charge is 0.433 e. The van der Waals surface area contributed by atoms with Gasteiger partial charge in [0.1, 0.15) is 11.4 Å². The molecule has 9 heteroatoms. The molecule has 3 aromatic rings. The zero-order valence-corrected chi connectivity index (χ0v) is 15.3. The van der Waals surface area contributed by atoms with E-state index in [2.05, 4.69) is 15.3 Å². The highest BCUT2D eigenvalue weighted by molar-refractivity contribution is 7.17. The maximum Gasteiger partial charge on any atom is 0.433 e. The van der Waals surface area contributed by atoms with Gasteiger partial charge in [0.05, 0.1) is 22.4 Å². The second-order valence-corrected chi connectivity index (χ2v) is 7.67. The van der Waals surface area contributed by atoms with Gasteiger partial charge in [-0.1, -0.05) is 6.07 Å². The van der Waals surface area contributed by atoms with Crippen LogP contribution in [0.5, 0.6) is 0 Å². The van der Waals surface area contributed by atoms with E-state index in [1.807, 2.05) is 5.38 Å². The smallest absolute Gasteiger partial charge is 0.391 e. The minimum atomic E-state index is -4.48. The molecule has 5 nitrogen and oxygen atoms in total. The molecule has 0 aliphatic heterocycles. The Balaban J connectivity index is 1.61. The molecular formula is C19H16F3N3O2S. The molecule has 3 aromatic heterocycles. The molecule has 28 heavy (non-hydrogen) atoms. The number of aliphatic hydroxyl groups is 1. The molecule has 1 amide bonds. The number of carbonyl (C=O) groups is 1. The minimum absolute atomic E-state index is 0.222. The van der Waals surface area contributed by atoms with Gasteiger partial charge in [0.2, 0.25) is 0 Å². The van der Waals surface area contributed by atoms with Crippen LogP contribution in [0, 0.1) is 0 Å². The van der Waals surface area contributed by atoms with Crippen molar-refractivity contribution in [2.24, 2.45) is 0 Å². The van der Waals surface area contributed by atoms with Gasteiger partial charge in [0, 0.05) is 12.6 Å². The van der Waals surface area contributed by atoms with Crippen LogP contribution in [0.2, 0.25) is 0 Å². The third-order valence-electron chi connectivity index (χ3n) is 4.78. The normalized spacial score (nSPS) is 19.4. The fourth-order valence-corrected chi connectivity index (χ4v) is 3.93. The number of amides is 1. The summed E-state index contributed by atoms with van der Waals surface area (Å²) >= 11 is 1.46. The van der Waals surface area contributed by atoms with Crippen molar-refractivity contribution in [3.63, 3.8) is 0 Å². The zero-order chi connectivity index (χ0) is 19.9. The van der Waals surface area contributed by atoms with Crippen molar-refractivity contribution in [1.82, 2.24) is 15.3 Å². The molecule has 3 heterocycles. The first-order chi connectivity index (χ1) is 13.3. The number of carbonyl (C=O) groups excluding carboxylic acids is 1. The number of pyridine rings is 2. The average Bonchev–Trinajstić information content (AvgIpc) is 3.13. The Kier molecular flexibility index (Phi) is 4.80. The Morgan fingerprint density at radius 3 is 2.71 bits per heavy atom. The molecule has 0 aromatic carbocycles. The van der Waals surface area contributed by atoms with E-state index in [-0.39, 0.29) is 17.6 Å². The monoisotopic (exact) mass is 407 g/mol. The van der Waals surface area contributed by atoms with Crippen LogP contribution in [0.15, 0.2) is 35.8 Å². The number of hydrogen-bond acceptors (Lipinski definition) is 5. The van der Waals surface area contributed by atoms with Crippen molar-refractivity contribution in [3.05, 3.63) is 58.4 Å². The van der Waals surface area contributed by atoms with Gasteiger partial charge < -0.3 is 10.4 Å². The van der Waals surface area contributed by atoms with E-state index in [1.54, 1.807) is 12.1 Å². The van der Waals surface area contributed by atoms with Crippen molar-refractivity contribution in [2.75, 3.05) is 0 Å². The summed E-state index contributed by atoms with van der Waals surface area (Å²) in [5.41, 5.74) is 1.34. The number of alkyl halides is 3. The van der Waals surface area contributed by atoms with E-state index in [0.717, 1.165) is 22.8 Å². The molecule has 2 N–H and O–H groups in total. The lowest BCUT2D eigenvalue weighted by Gasteiger charge is -2.32. The van der Waals surface area contributed by atoms with Gasteiger partial charge >= 0.3 is 6.18 Å². The van der Waals surface area contributed by atoms with Crippen molar-refractivity contribution >= 4 is 27.5 Å². The number of aromatic nitrogens is 2. The molecule has 1 aliphatic rings. The van der Waals surface area contributed by atoms with E-state index in [1.165, 1.54) is 23.6 Å². The quantitative estimate of drug-likeness (QED) is 0.694. The minimum Gasteiger partial charge on any atom is -0.391 e. The molecule has 1 aliphatic carbocycles. The third-order valence-corrected chi connectivity index (χ3v) is 5.76. The molecule has 1 saturated carbocycles. The van der Waals surface area contributed by atoms with Crippen LogP contribution < -0.4 is 5.32 Å². The van der Waals surface area contributed by atoms with Crippen LogP contribution in [0.25, 0.3) is 10.2 Å². The number of aliphatic hydroxyl groups excluding tert-OH is 1. The van der Waals surface area contributed by atoms with Gasteiger partial charge in [-0.25, -0.2) is 4.98 Å². The molecule has 2 atom stereocenters. The van der Waals surface area contributed by atoms with E-state index < -0.39 is 18.0 Å². The van der Waals surface area contributed by atoms with Crippen molar-refractivity contribution in [3.8, 4) is 0 Å². The second-order valence-electron chi connectivity index (χ2n) is 6.75. The van der Waals surface area contributed by atoms with Gasteiger partial charge in [-0.05, 0) is 47.5 Å². The fraction of sp³-hybridized carbons (Fsp3) is 0.316. The topological polar surface area (TPSA) is 75.1 Å². The van der Waals surface area contributed by atoms with Crippen LogP contribution in [0.4, 0.5) is 13.2 Å². The number of nitrogens with one attached hydrogen (secondary N) is 1. The summed E-state index contributed by atoms with van der Waals surface area (Å²) in [6, 6.07) is 5.52. The molecule has 0 radical (unpaired) electrons. The Labute approximate surface area is 162 Å². The van der Waals surface area contributed by atoms with Crippen molar-refractivity contribution in [1.29, 1.82) is 0 Å². The first kappa shape index (κ1) is 18.8. The molecule has 0 bridgehead atoms. The van der Waals surface area contributed by atoms with E-state index in [9.17, 15) is 23.1 Å². The van der Waals surface area contributed by atoms with Crippen LogP contribution in [-0.4, -0.2) is 33.1 Å². The summed E-state index contributed by atoms with van der Waals surface area (Å²) in [7, 11) is 0. The predicted molar refractivity (Wildman–Crippen MR) is 98.2 cm³/mol. The average molecular weight is 407 g/mol. The molecule has 146 valence electrons. The summed E-state index contributed by atoms with van der Waals surface area (Å²) in [5.74, 6) is -0.372. The number of rotatable bonds is 4. The van der Waals surface area contributed by atoms with Crippen LogP contribution in [-0.2, 0) is 12.6 Å². The summed E-state index contributed by atoms with van der Waals surface area (Å²) in [6.45, 7) is 0. The molecule has 0 unspecified atom stereocenters. The molecular weight excluding hydrogens is 391 g/mol. The van der Waals surface area contributed by atoms with Gasteiger partial charge in [0.15, 0.2) is 0 Å². The molecule has 1 fully saturated rings. The van der Waals surface area contributed by atoms with Gasteiger partial charge in [0.25, 0.3) is 5.91 Å². The maximum absolute atomic E-state index is 12.7. The number of halogens is 3. The summed E-state index contributed by atoms with van der Waals surface area (Å²) < 4.78 is 38.9. The highest BCUT2D eigenvalue weighted by Gasteiger charge is 2.32. The maximum atomic E-state index is 12.7. The lowest BCUT2D eigenvalue weighted by molar-refractivity contribution is -0.141. The number of thiophene rings is 1. The van der Waals surface area contributed by atoms with Gasteiger partial charge in [-0.2, -0.15) is 13.2 Å². The Morgan fingerprint density at radius 2 is 2.11 bits per heavy atom. The second kappa shape index (κ2) is 7.14. The first-order valence-corrected chi connectivity index (χ1v) is 9.57. The number of fused-ring (bicyclic) bond motifs is 1. The van der Waals surface area contributed by atoms with Gasteiger partial charge in [-0.3, -0.25) is 9.78 Å². The first-order valence-electron chi connectivity index (χ1n) is 8.69. The number of hydrogen-bond donors (Lipinski definition) is 2.